The van der Waals surface area contributed by atoms with E-state index in [-0.39, 0.29) is 28.8 Å². The second kappa shape index (κ2) is 7.96. The molecule has 0 spiro atoms. The third-order valence-corrected chi connectivity index (χ3v) is 8.82. The van der Waals surface area contributed by atoms with E-state index in [0.717, 1.165) is 44.9 Å². The number of aliphatic carboxylic acids is 1. The van der Waals surface area contributed by atoms with E-state index in [0.29, 0.717) is 24.0 Å². The van der Waals surface area contributed by atoms with Crippen LogP contribution in [0.5, 0.6) is 0 Å². The smallest absolute Gasteiger partial charge is 0.333 e. The fourth-order valence-corrected chi connectivity index (χ4v) is 7.32. The van der Waals surface area contributed by atoms with Crippen LogP contribution in [0.2, 0.25) is 0 Å². The first kappa shape index (κ1) is 23.3. The van der Waals surface area contributed by atoms with E-state index < -0.39 is 11.6 Å². The molecule has 0 aromatic carbocycles. The van der Waals surface area contributed by atoms with Crippen LogP contribution in [-0.4, -0.2) is 34.9 Å². The zero-order valence-corrected chi connectivity index (χ0v) is 19.7. The molecule has 170 valence electrons. The molecule has 5 nitrogen and oxygen atoms in total. The molecule has 0 radical (unpaired) electrons. The van der Waals surface area contributed by atoms with Crippen LogP contribution in [0.4, 0.5) is 0 Å². The van der Waals surface area contributed by atoms with Gasteiger partial charge in [0.1, 0.15) is 0 Å². The number of hydrogen-bond acceptors (Lipinski definition) is 4. The number of rotatable bonds is 5. The van der Waals surface area contributed by atoms with Crippen molar-refractivity contribution in [2.24, 2.45) is 22.7 Å². The summed E-state index contributed by atoms with van der Waals surface area (Å²) in [6.07, 6.45) is 8.98. The summed E-state index contributed by atoms with van der Waals surface area (Å²) in [5, 5.41) is 9.35. The Morgan fingerprint density at radius 1 is 1.07 bits per heavy atom. The van der Waals surface area contributed by atoms with Crippen LogP contribution in [0.25, 0.3) is 0 Å². The minimum absolute atomic E-state index is 0.0280. The predicted molar refractivity (Wildman–Crippen MR) is 116 cm³/mol. The lowest BCUT2D eigenvalue weighted by molar-refractivity contribution is -0.269. The molecule has 0 amide bonds. The van der Waals surface area contributed by atoms with Crippen LogP contribution in [0.3, 0.4) is 0 Å². The molecule has 1 heterocycles. The molecular weight excluding hydrogens is 380 g/mol. The molecule has 0 aromatic heterocycles. The number of ether oxygens (including phenoxy) is 2. The Bertz CT molecular complexity index is 729. The maximum Gasteiger partial charge on any atom is 0.333 e. The van der Waals surface area contributed by atoms with Gasteiger partial charge in [-0.1, -0.05) is 26.3 Å². The van der Waals surface area contributed by atoms with Crippen molar-refractivity contribution in [3.05, 3.63) is 11.6 Å². The van der Waals surface area contributed by atoms with Gasteiger partial charge in [0.2, 0.25) is 0 Å². The highest BCUT2D eigenvalue weighted by Crippen LogP contribution is 2.65. The van der Waals surface area contributed by atoms with Crippen molar-refractivity contribution in [1.29, 1.82) is 0 Å². The molecule has 3 aliphatic rings. The van der Waals surface area contributed by atoms with Crippen LogP contribution in [0.15, 0.2) is 11.6 Å². The lowest BCUT2D eigenvalue weighted by atomic mass is 9.44. The number of fused-ring (bicyclic) bond motifs is 3. The highest BCUT2D eigenvalue weighted by molar-refractivity contribution is 5.87. The molecule has 6 atom stereocenters. The summed E-state index contributed by atoms with van der Waals surface area (Å²) in [6.45, 7) is 13.0. The standard InChI is InChI=1S/C25H40O5/c1-7-17(2)21(28)29-16-22(3)11-8-12-24(5)18(22)10-14-25(6)19(24)9-13-23(4,30-25)15-20(26)27/h7,18-19H,8-16H2,1-6H3,(H,26,27). The van der Waals surface area contributed by atoms with Gasteiger partial charge in [-0.25, -0.2) is 4.79 Å². The second-order valence-electron chi connectivity index (χ2n) is 11.2. The predicted octanol–water partition coefficient (Wildman–Crippen LogP) is 5.52. The minimum Gasteiger partial charge on any atom is -0.481 e. The Balaban J connectivity index is 1.81. The zero-order valence-electron chi connectivity index (χ0n) is 19.7. The highest BCUT2D eigenvalue weighted by atomic mass is 16.5. The molecule has 3 fully saturated rings. The normalized spacial score (nSPS) is 44.0. The van der Waals surface area contributed by atoms with Gasteiger partial charge in [-0.05, 0) is 83.5 Å². The third-order valence-electron chi connectivity index (χ3n) is 8.82. The molecule has 6 unspecified atom stereocenters. The van der Waals surface area contributed by atoms with E-state index in [2.05, 4.69) is 20.8 Å². The lowest BCUT2D eigenvalue weighted by Crippen LogP contribution is -2.63. The zero-order chi connectivity index (χ0) is 22.4. The SMILES string of the molecule is CC=C(C)C(=O)OCC1(C)CCCC2(C)C1CCC1(C)OC(C)(CC(=O)O)CCC12. The first-order valence-corrected chi connectivity index (χ1v) is 11.6. The van der Waals surface area contributed by atoms with Crippen LogP contribution in [-0.2, 0) is 19.1 Å². The number of hydrogen-bond donors (Lipinski definition) is 1. The van der Waals surface area contributed by atoms with Crippen molar-refractivity contribution in [3.63, 3.8) is 0 Å². The molecule has 5 heteroatoms. The summed E-state index contributed by atoms with van der Waals surface area (Å²) in [7, 11) is 0. The first-order valence-electron chi connectivity index (χ1n) is 11.6. The molecule has 1 N–H and O–H groups in total. The van der Waals surface area contributed by atoms with E-state index in [4.69, 9.17) is 9.47 Å². The Kier molecular flexibility index (Phi) is 6.18. The van der Waals surface area contributed by atoms with Crippen molar-refractivity contribution in [3.8, 4) is 0 Å². The quantitative estimate of drug-likeness (QED) is 0.468. The van der Waals surface area contributed by atoms with Gasteiger partial charge in [-0.3, -0.25) is 4.79 Å². The van der Waals surface area contributed by atoms with Crippen molar-refractivity contribution >= 4 is 11.9 Å². The number of esters is 1. The first-order chi connectivity index (χ1) is 13.9. The summed E-state index contributed by atoms with van der Waals surface area (Å²) in [5.41, 5.74) is -0.124. The molecule has 30 heavy (non-hydrogen) atoms. The van der Waals surface area contributed by atoms with E-state index in [1.165, 1.54) is 0 Å². The van der Waals surface area contributed by atoms with E-state index in [9.17, 15) is 14.7 Å². The number of carboxylic acids is 1. The van der Waals surface area contributed by atoms with Gasteiger partial charge in [0, 0.05) is 11.0 Å². The number of carboxylic acid groups (broad SMARTS) is 1. The molecule has 0 bridgehead atoms. The summed E-state index contributed by atoms with van der Waals surface area (Å²) >= 11 is 0. The van der Waals surface area contributed by atoms with Gasteiger partial charge >= 0.3 is 11.9 Å². The van der Waals surface area contributed by atoms with Gasteiger partial charge in [-0.2, -0.15) is 0 Å². The average molecular weight is 421 g/mol. The monoisotopic (exact) mass is 420 g/mol. The third kappa shape index (κ3) is 4.06. The van der Waals surface area contributed by atoms with Crippen molar-refractivity contribution < 1.29 is 24.2 Å². The Labute approximate surface area is 181 Å². The molecule has 2 aliphatic carbocycles. The maximum atomic E-state index is 12.3. The highest BCUT2D eigenvalue weighted by Gasteiger charge is 2.62. The second-order valence-corrected chi connectivity index (χ2v) is 11.2. The summed E-state index contributed by atoms with van der Waals surface area (Å²) in [5.74, 6) is -0.124. The Morgan fingerprint density at radius 2 is 1.73 bits per heavy atom. The molecule has 0 aromatic rings. The summed E-state index contributed by atoms with van der Waals surface area (Å²) in [6, 6.07) is 0. The lowest BCUT2D eigenvalue weighted by Gasteiger charge is -2.65. The van der Waals surface area contributed by atoms with Crippen molar-refractivity contribution in [1.82, 2.24) is 0 Å². The van der Waals surface area contributed by atoms with Gasteiger partial charge in [0.25, 0.3) is 0 Å². The van der Waals surface area contributed by atoms with Gasteiger partial charge < -0.3 is 14.6 Å². The van der Waals surface area contributed by atoms with Gasteiger partial charge in [-0.15, -0.1) is 0 Å². The fourth-order valence-electron chi connectivity index (χ4n) is 7.32. The van der Waals surface area contributed by atoms with Crippen LogP contribution in [0, 0.1) is 22.7 Å². The molecule has 1 aliphatic heterocycles. The largest absolute Gasteiger partial charge is 0.481 e. The fraction of sp³-hybridized carbons (Fsp3) is 0.840. The number of allylic oxidation sites excluding steroid dienone is 1. The molecule has 1 saturated heterocycles. The summed E-state index contributed by atoms with van der Waals surface area (Å²) in [4.78, 5) is 23.7. The molecule has 2 saturated carbocycles. The summed E-state index contributed by atoms with van der Waals surface area (Å²) < 4.78 is 12.4. The number of carbonyl (C=O) groups is 2. The van der Waals surface area contributed by atoms with Gasteiger partial charge in [0.05, 0.1) is 24.2 Å². The molecular formula is C25H40O5. The maximum absolute atomic E-state index is 12.3. The van der Waals surface area contributed by atoms with Crippen LogP contribution < -0.4 is 0 Å². The van der Waals surface area contributed by atoms with E-state index >= 15 is 0 Å². The van der Waals surface area contributed by atoms with E-state index in [1.807, 2.05) is 13.8 Å². The van der Waals surface area contributed by atoms with Crippen LogP contribution >= 0.6 is 0 Å². The Hall–Kier alpha value is -1.36. The van der Waals surface area contributed by atoms with Crippen LogP contribution in [0.1, 0.15) is 92.9 Å². The van der Waals surface area contributed by atoms with Crippen molar-refractivity contribution in [2.45, 2.75) is 104 Å². The minimum atomic E-state index is -0.789. The topological polar surface area (TPSA) is 72.8 Å². The van der Waals surface area contributed by atoms with Gasteiger partial charge in [0.15, 0.2) is 0 Å². The van der Waals surface area contributed by atoms with Crippen molar-refractivity contribution in [2.75, 3.05) is 6.61 Å². The average Bonchev–Trinajstić information content (AvgIpc) is 2.63. The Morgan fingerprint density at radius 3 is 2.37 bits per heavy atom. The van der Waals surface area contributed by atoms with E-state index in [1.54, 1.807) is 13.0 Å². The molecule has 3 rings (SSSR count). The number of carbonyl (C=O) groups excluding carboxylic acids is 1.